The Morgan fingerprint density at radius 1 is 1.07 bits per heavy atom. The van der Waals surface area contributed by atoms with Gasteiger partial charge in [-0.05, 0) is 62.9 Å². The van der Waals surface area contributed by atoms with E-state index in [1.54, 1.807) is 0 Å². The summed E-state index contributed by atoms with van der Waals surface area (Å²) in [4.78, 5) is 29.3. The summed E-state index contributed by atoms with van der Waals surface area (Å²) < 4.78 is 1.81. The molecule has 146 valence electrons. The van der Waals surface area contributed by atoms with Crippen molar-refractivity contribution in [2.24, 2.45) is 0 Å². The highest BCUT2D eigenvalue weighted by Gasteiger charge is 2.17. The molecule has 3 aromatic rings. The number of anilines is 1. The number of nitrogens with zero attached hydrogens (tertiary/aromatic N) is 2. The molecule has 1 aromatic carbocycles. The number of benzene rings is 1. The van der Waals surface area contributed by atoms with Crippen molar-refractivity contribution in [2.75, 3.05) is 11.9 Å². The molecule has 0 saturated heterocycles. The zero-order valence-corrected chi connectivity index (χ0v) is 16.8. The Kier molecular flexibility index (Phi) is 5.78. The van der Waals surface area contributed by atoms with Gasteiger partial charge >= 0.3 is 0 Å². The number of fused-ring (bicyclic) bond motifs is 1. The van der Waals surface area contributed by atoms with Gasteiger partial charge in [-0.1, -0.05) is 18.2 Å². The predicted molar refractivity (Wildman–Crippen MR) is 111 cm³/mol. The monoisotopic (exact) mass is 378 g/mol. The molecule has 2 heterocycles. The number of nitrogens with one attached hydrogen (secondary N) is 2. The molecule has 6 heteroatoms. The molecule has 28 heavy (non-hydrogen) atoms. The fraction of sp³-hybridized carbons (Fsp3) is 0.318. The van der Waals surface area contributed by atoms with Crippen LogP contribution in [0.25, 0.3) is 5.65 Å². The van der Waals surface area contributed by atoms with Crippen LogP contribution in [0.1, 0.15) is 45.7 Å². The Labute approximate surface area is 165 Å². The number of hydrogen-bond donors (Lipinski definition) is 2. The number of pyridine rings is 1. The Morgan fingerprint density at radius 2 is 1.86 bits per heavy atom. The molecule has 0 radical (unpaired) electrons. The van der Waals surface area contributed by atoms with Gasteiger partial charge in [0.1, 0.15) is 11.3 Å². The maximum absolute atomic E-state index is 12.6. The largest absolute Gasteiger partial charge is 0.351 e. The Balaban J connectivity index is 1.54. The lowest BCUT2D eigenvalue weighted by atomic mass is 10.1. The van der Waals surface area contributed by atoms with Gasteiger partial charge in [0, 0.05) is 24.8 Å². The molecule has 0 bridgehead atoms. The first kappa shape index (κ1) is 19.6. The second-order valence-electron chi connectivity index (χ2n) is 7.16. The van der Waals surface area contributed by atoms with Crippen molar-refractivity contribution in [3.05, 3.63) is 64.6 Å². The van der Waals surface area contributed by atoms with E-state index in [0.29, 0.717) is 30.8 Å². The molecular weight excluding hydrogens is 352 g/mol. The third-order valence-corrected chi connectivity index (χ3v) is 4.77. The van der Waals surface area contributed by atoms with E-state index in [9.17, 15) is 9.59 Å². The minimum atomic E-state index is -0.175. The Morgan fingerprint density at radius 3 is 2.64 bits per heavy atom. The van der Waals surface area contributed by atoms with Gasteiger partial charge in [0.15, 0.2) is 0 Å². The van der Waals surface area contributed by atoms with Crippen LogP contribution in [0.3, 0.4) is 0 Å². The summed E-state index contributed by atoms with van der Waals surface area (Å²) in [7, 11) is 0. The maximum Gasteiger partial charge on any atom is 0.270 e. The van der Waals surface area contributed by atoms with Gasteiger partial charge < -0.3 is 10.6 Å². The minimum Gasteiger partial charge on any atom is -0.351 e. The summed E-state index contributed by atoms with van der Waals surface area (Å²) in [5, 5.41) is 5.84. The molecule has 6 nitrogen and oxygen atoms in total. The van der Waals surface area contributed by atoms with Crippen molar-refractivity contribution < 1.29 is 9.59 Å². The van der Waals surface area contributed by atoms with Crippen LogP contribution in [0.2, 0.25) is 0 Å². The first-order valence-corrected chi connectivity index (χ1v) is 9.46. The van der Waals surface area contributed by atoms with Crippen LogP contribution in [0.15, 0.2) is 36.5 Å². The van der Waals surface area contributed by atoms with Crippen molar-refractivity contribution >= 4 is 23.1 Å². The van der Waals surface area contributed by atoms with E-state index in [2.05, 4.69) is 15.6 Å². The number of hydrogen-bond acceptors (Lipinski definition) is 3. The minimum absolute atomic E-state index is 0.0513. The van der Waals surface area contributed by atoms with Crippen LogP contribution in [0.4, 0.5) is 5.69 Å². The quantitative estimate of drug-likeness (QED) is 0.642. The molecule has 2 N–H and O–H groups in total. The second kappa shape index (κ2) is 8.25. The van der Waals surface area contributed by atoms with E-state index in [-0.39, 0.29) is 11.8 Å². The summed E-state index contributed by atoms with van der Waals surface area (Å²) in [6, 6.07) is 9.84. The molecule has 2 aromatic heterocycles. The number of amides is 2. The number of carbonyl (C=O) groups excluding carboxylic acids is 2. The molecule has 0 aliphatic carbocycles. The van der Waals surface area contributed by atoms with Crippen molar-refractivity contribution in [1.29, 1.82) is 0 Å². The van der Waals surface area contributed by atoms with E-state index in [1.165, 1.54) is 0 Å². The smallest absolute Gasteiger partial charge is 0.270 e. The van der Waals surface area contributed by atoms with Gasteiger partial charge in [0.2, 0.25) is 5.91 Å². The van der Waals surface area contributed by atoms with Crippen LogP contribution in [-0.4, -0.2) is 27.7 Å². The molecule has 0 aliphatic heterocycles. The molecule has 0 unspecified atom stereocenters. The lowest BCUT2D eigenvalue weighted by Crippen LogP contribution is -2.27. The highest BCUT2D eigenvalue weighted by Crippen LogP contribution is 2.17. The van der Waals surface area contributed by atoms with Gasteiger partial charge in [-0.3, -0.25) is 14.0 Å². The first-order chi connectivity index (χ1) is 13.4. The van der Waals surface area contributed by atoms with Crippen LogP contribution in [-0.2, 0) is 4.79 Å². The Hall–Kier alpha value is -3.15. The molecule has 0 atom stereocenters. The summed E-state index contributed by atoms with van der Waals surface area (Å²) >= 11 is 0. The number of carbonyl (C=O) groups is 2. The van der Waals surface area contributed by atoms with Crippen molar-refractivity contribution in [3.8, 4) is 0 Å². The summed E-state index contributed by atoms with van der Waals surface area (Å²) in [5.41, 5.74) is 6.02. The lowest BCUT2D eigenvalue weighted by molar-refractivity contribution is -0.116. The maximum atomic E-state index is 12.6. The number of imidazole rings is 1. The molecule has 3 rings (SSSR count). The van der Waals surface area contributed by atoms with Gasteiger partial charge in [-0.2, -0.15) is 0 Å². The molecule has 0 fully saturated rings. The fourth-order valence-corrected chi connectivity index (χ4v) is 3.21. The molecule has 0 aliphatic rings. The van der Waals surface area contributed by atoms with Crippen molar-refractivity contribution in [2.45, 2.75) is 40.5 Å². The molecular formula is C22H26N4O2. The topological polar surface area (TPSA) is 75.5 Å². The first-order valence-electron chi connectivity index (χ1n) is 9.46. The second-order valence-corrected chi connectivity index (χ2v) is 7.16. The molecule has 2 amide bonds. The summed E-state index contributed by atoms with van der Waals surface area (Å²) in [6.45, 7) is 8.19. The van der Waals surface area contributed by atoms with Crippen LogP contribution >= 0.6 is 0 Å². The van der Waals surface area contributed by atoms with Crippen molar-refractivity contribution in [1.82, 2.24) is 14.7 Å². The number of rotatable bonds is 6. The van der Waals surface area contributed by atoms with Gasteiger partial charge in [0.05, 0.1) is 5.69 Å². The number of aromatic nitrogens is 2. The predicted octanol–water partition coefficient (Wildman–Crippen LogP) is 3.72. The molecule has 0 saturated carbocycles. The third-order valence-electron chi connectivity index (χ3n) is 4.77. The zero-order chi connectivity index (χ0) is 20.3. The van der Waals surface area contributed by atoms with Crippen molar-refractivity contribution in [3.63, 3.8) is 0 Å². The van der Waals surface area contributed by atoms with Crippen LogP contribution < -0.4 is 10.6 Å². The summed E-state index contributed by atoms with van der Waals surface area (Å²) in [5.74, 6) is -0.227. The van der Waals surface area contributed by atoms with Crippen LogP contribution in [0.5, 0.6) is 0 Å². The highest BCUT2D eigenvalue weighted by atomic mass is 16.2. The lowest BCUT2D eigenvalue weighted by Gasteiger charge is -2.10. The standard InChI is InChI=1S/C22H26N4O2/c1-14-9-10-15(2)18(13-14)25-19(27)8-5-11-23-22(28)20-17(4)24-21-16(3)7-6-12-26(20)21/h6-7,9-10,12-13H,5,8,11H2,1-4H3,(H,23,28)(H,25,27). The highest BCUT2D eigenvalue weighted by molar-refractivity contribution is 5.95. The average molecular weight is 378 g/mol. The van der Waals surface area contributed by atoms with E-state index < -0.39 is 0 Å². The van der Waals surface area contributed by atoms with E-state index in [1.807, 2.05) is 68.6 Å². The zero-order valence-electron chi connectivity index (χ0n) is 16.8. The van der Waals surface area contributed by atoms with Gasteiger partial charge in [-0.15, -0.1) is 0 Å². The molecule has 0 spiro atoms. The fourth-order valence-electron chi connectivity index (χ4n) is 3.21. The van der Waals surface area contributed by atoms with Gasteiger partial charge in [-0.25, -0.2) is 4.98 Å². The third kappa shape index (κ3) is 4.22. The van der Waals surface area contributed by atoms with E-state index in [0.717, 1.165) is 28.0 Å². The van der Waals surface area contributed by atoms with E-state index >= 15 is 0 Å². The summed E-state index contributed by atoms with van der Waals surface area (Å²) in [6.07, 6.45) is 2.75. The number of aryl methyl sites for hydroxylation is 4. The average Bonchev–Trinajstić information content (AvgIpc) is 2.99. The van der Waals surface area contributed by atoms with Gasteiger partial charge in [0.25, 0.3) is 5.91 Å². The Bertz CT molecular complexity index is 1040. The normalized spacial score (nSPS) is 10.9. The van der Waals surface area contributed by atoms with Crippen LogP contribution in [0, 0.1) is 27.7 Å². The SMILES string of the molecule is Cc1ccc(C)c(NC(=O)CCCNC(=O)c2c(C)nc3c(C)cccn23)c1. The van der Waals surface area contributed by atoms with E-state index in [4.69, 9.17) is 0 Å².